The number of unbranched alkanes of at least 4 members (excludes halogenated alkanes) is 10. The van der Waals surface area contributed by atoms with Gasteiger partial charge in [-0.3, -0.25) is 0 Å². The van der Waals surface area contributed by atoms with Crippen LogP contribution in [0, 0.1) is 0 Å². The number of allylic oxidation sites excluding steroid dienone is 1. The molecule has 0 amide bonds. The summed E-state index contributed by atoms with van der Waals surface area (Å²) in [6.45, 7) is 4.59. The smallest absolute Gasteiger partial charge is 0.134 e. The number of hydrogen-bond donors (Lipinski definition) is 2. The lowest BCUT2D eigenvalue weighted by atomic mass is 9.97. The van der Waals surface area contributed by atoms with Crippen LogP contribution in [0.2, 0.25) is 0 Å². The fourth-order valence-corrected chi connectivity index (χ4v) is 3.32. The van der Waals surface area contributed by atoms with Crippen LogP contribution in [0.15, 0.2) is 35.9 Å². The summed E-state index contributed by atoms with van der Waals surface area (Å²) in [5, 5.41) is 0. The van der Waals surface area contributed by atoms with Crippen molar-refractivity contribution in [3.05, 3.63) is 41.5 Å². The zero-order valence-corrected chi connectivity index (χ0v) is 19.0. The molecule has 0 aliphatic rings. The van der Waals surface area contributed by atoms with E-state index in [9.17, 15) is 0 Å². The summed E-state index contributed by atoms with van der Waals surface area (Å²) >= 11 is 0. The highest BCUT2D eigenvalue weighted by Crippen LogP contribution is 2.21. The highest BCUT2D eigenvalue weighted by atomic mass is 31.1. The predicted octanol–water partition coefficient (Wildman–Crippen LogP) is 8.20. The molecule has 3 nitrogen and oxygen atoms in total. The van der Waals surface area contributed by atoms with Gasteiger partial charge < -0.3 is 0 Å². The lowest BCUT2D eigenvalue weighted by molar-refractivity contribution is 0.405. The van der Waals surface area contributed by atoms with Gasteiger partial charge in [0, 0.05) is 4.57 Å². The fourth-order valence-electron chi connectivity index (χ4n) is 3.32. The summed E-state index contributed by atoms with van der Waals surface area (Å²) in [5.74, 6) is 0. The molecule has 28 heavy (non-hydrogen) atoms. The monoisotopic (exact) mass is 409 g/mol. The predicted molar refractivity (Wildman–Crippen MR) is 122 cm³/mol. The Labute approximate surface area is 174 Å². The maximum Gasteiger partial charge on any atom is 0.692 e. The van der Waals surface area contributed by atoms with Gasteiger partial charge in [-0.1, -0.05) is 120 Å². The summed E-state index contributed by atoms with van der Waals surface area (Å²) in [6, 6.07) is 10.9. The van der Waals surface area contributed by atoms with Gasteiger partial charge in [0.1, 0.15) is 0 Å². The van der Waals surface area contributed by atoms with E-state index < -0.39 is 8.25 Å². The molecule has 0 bridgehead atoms. The molecule has 1 rings (SSSR count). The Morgan fingerprint density at radius 2 is 1.14 bits per heavy atom. The van der Waals surface area contributed by atoms with Crippen LogP contribution in [0.25, 0.3) is 6.08 Å². The quantitative estimate of drug-likeness (QED) is 0.227. The number of benzene rings is 1. The molecule has 0 fully saturated rings. The molecule has 0 aliphatic carbocycles. The highest BCUT2D eigenvalue weighted by molar-refractivity contribution is 7.30. The van der Waals surface area contributed by atoms with E-state index in [4.69, 9.17) is 14.4 Å². The minimum absolute atomic E-state index is 1.30. The Morgan fingerprint density at radius 1 is 0.750 bits per heavy atom. The average Bonchev–Trinajstić information content (AvgIpc) is 2.67. The lowest BCUT2D eigenvalue weighted by Crippen LogP contribution is -1.88. The van der Waals surface area contributed by atoms with Gasteiger partial charge in [0.2, 0.25) is 0 Å². The van der Waals surface area contributed by atoms with E-state index in [1.165, 1.54) is 95.5 Å². The Kier molecular flexibility index (Phi) is 20.0. The summed E-state index contributed by atoms with van der Waals surface area (Å²) in [5.41, 5.74) is 3.05. The molecule has 0 unspecified atom stereocenters. The third-order valence-corrected chi connectivity index (χ3v) is 4.87. The number of rotatable bonds is 15. The molecule has 0 aromatic heterocycles. The SMILES string of the molecule is CCCCCCCCC(=Cc1ccccc1)CCCCCCCC.O=[P+](O)O. The van der Waals surface area contributed by atoms with Crippen molar-refractivity contribution in [2.75, 3.05) is 0 Å². The summed E-state index contributed by atoms with van der Waals surface area (Å²) < 4.78 is 8.70. The summed E-state index contributed by atoms with van der Waals surface area (Å²) in [4.78, 5) is 14.2. The molecule has 0 spiro atoms. The molecule has 0 saturated heterocycles. The molecular weight excluding hydrogens is 367 g/mol. The van der Waals surface area contributed by atoms with E-state index in [1.807, 2.05) is 0 Å². The van der Waals surface area contributed by atoms with Crippen molar-refractivity contribution in [3.8, 4) is 0 Å². The Morgan fingerprint density at radius 3 is 1.57 bits per heavy atom. The number of hydrogen-bond acceptors (Lipinski definition) is 1. The molecule has 2 N–H and O–H groups in total. The average molecular weight is 410 g/mol. The van der Waals surface area contributed by atoms with Crippen LogP contribution >= 0.6 is 8.25 Å². The van der Waals surface area contributed by atoms with Crippen molar-refractivity contribution in [1.29, 1.82) is 0 Å². The van der Waals surface area contributed by atoms with Crippen molar-refractivity contribution in [2.24, 2.45) is 0 Å². The second-order valence-electron chi connectivity index (χ2n) is 7.50. The van der Waals surface area contributed by atoms with Gasteiger partial charge in [0.25, 0.3) is 0 Å². The van der Waals surface area contributed by atoms with Crippen LogP contribution in [0.4, 0.5) is 0 Å². The van der Waals surface area contributed by atoms with E-state index in [0.717, 1.165) is 0 Å². The molecule has 1 aromatic rings. The third-order valence-electron chi connectivity index (χ3n) is 4.87. The van der Waals surface area contributed by atoms with Gasteiger partial charge >= 0.3 is 8.25 Å². The van der Waals surface area contributed by atoms with E-state index in [0.29, 0.717) is 0 Å². The molecule has 160 valence electrons. The minimum atomic E-state index is -2.87. The second-order valence-corrected chi connectivity index (χ2v) is 8.01. The van der Waals surface area contributed by atoms with E-state index in [-0.39, 0.29) is 0 Å². The standard InChI is InChI=1S/C24H40.HO3P/c1-3-5-7-9-11-14-18-23(19-15-12-10-8-6-4-2)22-24-20-16-13-17-21-24;1-4(2)3/h13,16-17,20-22H,3-12,14-15,18-19H2,1-2H3;(H-,1,2,3)/p+1. The van der Waals surface area contributed by atoms with Crippen molar-refractivity contribution in [3.63, 3.8) is 0 Å². The van der Waals surface area contributed by atoms with Crippen LogP contribution < -0.4 is 0 Å². The van der Waals surface area contributed by atoms with E-state index in [2.05, 4.69) is 50.3 Å². The summed E-state index contributed by atoms with van der Waals surface area (Å²) in [6.07, 6.45) is 21.8. The Bertz CT molecular complexity index is 478. The van der Waals surface area contributed by atoms with Crippen molar-refractivity contribution in [2.45, 2.75) is 104 Å². The molecule has 0 heterocycles. The van der Waals surface area contributed by atoms with Crippen LogP contribution in [0.1, 0.15) is 109 Å². The lowest BCUT2D eigenvalue weighted by Gasteiger charge is -2.09. The van der Waals surface area contributed by atoms with Crippen molar-refractivity contribution >= 4 is 14.3 Å². The molecule has 0 aliphatic heterocycles. The maximum absolute atomic E-state index is 8.70. The Balaban J connectivity index is 0.00000165. The van der Waals surface area contributed by atoms with Gasteiger partial charge in [0.05, 0.1) is 0 Å². The van der Waals surface area contributed by atoms with Gasteiger partial charge in [-0.2, -0.15) is 0 Å². The van der Waals surface area contributed by atoms with Gasteiger partial charge in [-0.15, -0.1) is 9.79 Å². The minimum Gasteiger partial charge on any atom is -0.134 e. The molecule has 4 heteroatoms. The Hall–Kier alpha value is -1.02. The zero-order chi connectivity index (χ0) is 20.9. The maximum atomic E-state index is 8.70. The highest BCUT2D eigenvalue weighted by Gasteiger charge is 2.00. The normalized spacial score (nSPS) is 10.1. The molecule has 0 saturated carbocycles. The van der Waals surface area contributed by atoms with Crippen LogP contribution in [0.3, 0.4) is 0 Å². The third kappa shape index (κ3) is 19.7. The first-order valence-electron chi connectivity index (χ1n) is 11.2. The van der Waals surface area contributed by atoms with Crippen LogP contribution in [-0.4, -0.2) is 9.79 Å². The summed E-state index contributed by atoms with van der Waals surface area (Å²) in [7, 11) is -2.87. The van der Waals surface area contributed by atoms with Crippen LogP contribution in [0.5, 0.6) is 0 Å². The topological polar surface area (TPSA) is 57.5 Å². The first kappa shape index (κ1) is 27.0. The van der Waals surface area contributed by atoms with E-state index in [1.54, 1.807) is 5.57 Å². The second kappa shape index (κ2) is 20.7. The molecule has 1 aromatic carbocycles. The first-order valence-corrected chi connectivity index (χ1v) is 12.4. The van der Waals surface area contributed by atoms with Crippen molar-refractivity contribution in [1.82, 2.24) is 0 Å². The fraction of sp³-hybridized carbons (Fsp3) is 0.667. The van der Waals surface area contributed by atoms with Gasteiger partial charge in [0.15, 0.2) is 0 Å². The molecule has 0 atom stereocenters. The first-order chi connectivity index (χ1) is 13.6. The molecule has 0 radical (unpaired) electrons. The van der Waals surface area contributed by atoms with E-state index >= 15 is 0 Å². The van der Waals surface area contributed by atoms with Crippen LogP contribution in [-0.2, 0) is 4.57 Å². The van der Waals surface area contributed by atoms with Crippen molar-refractivity contribution < 1.29 is 14.4 Å². The zero-order valence-electron chi connectivity index (χ0n) is 18.1. The van der Waals surface area contributed by atoms with Gasteiger partial charge in [-0.05, 0) is 31.2 Å². The molecular formula is C24H42O3P+. The van der Waals surface area contributed by atoms with Gasteiger partial charge in [-0.25, -0.2) is 0 Å². The largest absolute Gasteiger partial charge is 0.692 e.